The Labute approximate surface area is 113 Å². The maximum absolute atomic E-state index is 11.4. The van der Waals surface area contributed by atoms with Crippen molar-refractivity contribution in [1.82, 2.24) is 4.98 Å². The number of carbonyl (C=O) groups excluding carboxylic acids is 1. The van der Waals surface area contributed by atoms with Gasteiger partial charge in [0.15, 0.2) is 0 Å². The summed E-state index contributed by atoms with van der Waals surface area (Å²) in [6, 6.07) is 10.5. The van der Waals surface area contributed by atoms with E-state index in [2.05, 4.69) is 29.2 Å². The zero-order chi connectivity index (χ0) is 13.2. The topological polar surface area (TPSA) is 30.0 Å². The van der Waals surface area contributed by atoms with Gasteiger partial charge in [-0.15, -0.1) is 0 Å². The predicted molar refractivity (Wildman–Crippen MR) is 77.1 cm³/mol. The number of para-hydroxylation sites is 1. The molecule has 1 fully saturated rings. The van der Waals surface area contributed by atoms with Crippen LogP contribution in [0.15, 0.2) is 36.5 Å². The molecule has 1 aromatic carbocycles. The highest BCUT2D eigenvalue weighted by Gasteiger charge is 2.25. The molecule has 0 spiro atoms. The number of pyridine rings is 1. The quantitative estimate of drug-likeness (QED) is 0.806. The van der Waals surface area contributed by atoms with Gasteiger partial charge in [-0.25, -0.2) is 0 Å². The second kappa shape index (κ2) is 5.12. The average Bonchev–Trinajstić information content (AvgIpc) is 2.47. The summed E-state index contributed by atoms with van der Waals surface area (Å²) in [7, 11) is 0. The third-order valence-electron chi connectivity index (χ3n) is 4.42. The maximum Gasteiger partial charge on any atom is 0.132 e. The Morgan fingerprint density at radius 1 is 1.11 bits per heavy atom. The molecule has 0 N–H and O–H groups in total. The number of benzene rings is 1. The van der Waals surface area contributed by atoms with Gasteiger partial charge in [0, 0.05) is 17.5 Å². The van der Waals surface area contributed by atoms with Crippen molar-refractivity contribution in [3.63, 3.8) is 0 Å². The molecule has 19 heavy (non-hydrogen) atoms. The van der Waals surface area contributed by atoms with Crippen LogP contribution in [0.4, 0.5) is 0 Å². The van der Waals surface area contributed by atoms with E-state index in [4.69, 9.17) is 0 Å². The molecule has 0 aliphatic heterocycles. The predicted octanol–water partition coefficient (Wildman–Crippen LogP) is 4.10. The van der Waals surface area contributed by atoms with Gasteiger partial charge in [-0.05, 0) is 56.2 Å². The van der Waals surface area contributed by atoms with Gasteiger partial charge in [-0.1, -0.05) is 18.2 Å². The molecule has 2 aromatic rings. The van der Waals surface area contributed by atoms with Crippen LogP contribution < -0.4 is 0 Å². The van der Waals surface area contributed by atoms with E-state index in [1.54, 1.807) is 6.92 Å². The van der Waals surface area contributed by atoms with E-state index in [0.29, 0.717) is 17.6 Å². The van der Waals surface area contributed by atoms with Gasteiger partial charge in [0.05, 0.1) is 5.52 Å². The van der Waals surface area contributed by atoms with Crippen molar-refractivity contribution in [2.75, 3.05) is 0 Å². The Hall–Kier alpha value is -1.70. The fourth-order valence-corrected chi connectivity index (χ4v) is 3.28. The molecule has 2 heteroatoms. The number of nitrogens with zero attached hydrogens (tertiary/aromatic N) is 1. The summed E-state index contributed by atoms with van der Waals surface area (Å²) in [5.74, 6) is 1.24. The maximum atomic E-state index is 11.4. The molecule has 0 amide bonds. The first-order valence-electron chi connectivity index (χ1n) is 7.10. The first-order chi connectivity index (χ1) is 9.25. The summed E-state index contributed by atoms with van der Waals surface area (Å²) in [5.41, 5.74) is 2.49. The summed E-state index contributed by atoms with van der Waals surface area (Å²) in [6.45, 7) is 1.73. The lowest BCUT2D eigenvalue weighted by Crippen LogP contribution is -2.19. The number of fused-ring (bicyclic) bond motifs is 1. The Balaban J connectivity index is 1.88. The molecule has 0 radical (unpaired) electrons. The molecule has 1 aliphatic carbocycles. The van der Waals surface area contributed by atoms with Crippen LogP contribution in [-0.2, 0) is 4.79 Å². The van der Waals surface area contributed by atoms with Crippen molar-refractivity contribution >= 4 is 16.7 Å². The number of hydrogen-bond acceptors (Lipinski definition) is 2. The van der Waals surface area contributed by atoms with E-state index < -0.39 is 0 Å². The molecule has 0 bridgehead atoms. The van der Waals surface area contributed by atoms with Gasteiger partial charge >= 0.3 is 0 Å². The number of carbonyl (C=O) groups is 1. The van der Waals surface area contributed by atoms with Gasteiger partial charge < -0.3 is 0 Å². The lowest BCUT2D eigenvalue weighted by Gasteiger charge is -2.28. The largest absolute Gasteiger partial charge is 0.300 e. The summed E-state index contributed by atoms with van der Waals surface area (Å²) >= 11 is 0. The SMILES string of the molecule is CC(=O)C1CCC(c2ccnc3ccccc23)CC1. The molecule has 2 nitrogen and oxygen atoms in total. The van der Waals surface area contributed by atoms with Crippen LogP contribution >= 0.6 is 0 Å². The summed E-state index contributed by atoms with van der Waals surface area (Å²) in [5, 5.41) is 1.27. The monoisotopic (exact) mass is 253 g/mol. The second-order valence-corrected chi connectivity index (χ2v) is 5.58. The summed E-state index contributed by atoms with van der Waals surface area (Å²) in [4.78, 5) is 15.9. The van der Waals surface area contributed by atoms with Crippen molar-refractivity contribution in [2.24, 2.45) is 5.92 Å². The van der Waals surface area contributed by atoms with Gasteiger partial charge in [-0.3, -0.25) is 9.78 Å². The van der Waals surface area contributed by atoms with Crippen molar-refractivity contribution in [3.05, 3.63) is 42.1 Å². The lowest BCUT2D eigenvalue weighted by atomic mass is 9.77. The zero-order valence-electron chi connectivity index (χ0n) is 11.3. The normalized spacial score (nSPS) is 23.4. The van der Waals surface area contributed by atoms with Crippen LogP contribution in [0.5, 0.6) is 0 Å². The molecule has 1 aliphatic rings. The zero-order valence-corrected chi connectivity index (χ0v) is 11.3. The molecule has 3 rings (SSSR count). The lowest BCUT2D eigenvalue weighted by molar-refractivity contribution is -0.121. The Morgan fingerprint density at radius 2 is 1.84 bits per heavy atom. The molecule has 0 saturated heterocycles. The minimum atomic E-state index is 0.296. The Bertz CT molecular complexity index is 592. The van der Waals surface area contributed by atoms with Crippen molar-refractivity contribution < 1.29 is 4.79 Å². The molecule has 1 aromatic heterocycles. The van der Waals surface area contributed by atoms with Crippen LogP contribution in [-0.4, -0.2) is 10.8 Å². The highest BCUT2D eigenvalue weighted by atomic mass is 16.1. The smallest absolute Gasteiger partial charge is 0.132 e. The van der Waals surface area contributed by atoms with Gasteiger partial charge in [0.2, 0.25) is 0 Å². The van der Waals surface area contributed by atoms with E-state index in [1.807, 2.05) is 12.3 Å². The first kappa shape index (κ1) is 12.3. The van der Waals surface area contributed by atoms with Crippen molar-refractivity contribution in [1.29, 1.82) is 0 Å². The number of hydrogen-bond donors (Lipinski definition) is 0. The van der Waals surface area contributed by atoms with E-state index in [-0.39, 0.29) is 0 Å². The van der Waals surface area contributed by atoms with Crippen LogP contribution in [0, 0.1) is 5.92 Å². The summed E-state index contributed by atoms with van der Waals surface area (Å²) in [6.07, 6.45) is 6.23. The molecule has 1 saturated carbocycles. The van der Waals surface area contributed by atoms with E-state index in [9.17, 15) is 4.79 Å². The standard InChI is InChI=1S/C17H19NO/c1-12(19)13-6-8-14(9-7-13)15-10-11-18-17-5-3-2-4-16(15)17/h2-5,10-11,13-14H,6-9H2,1H3. The van der Waals surface area contributed by atoms with Gasteiger partial charge in [-0.2, -0.15) is 0 Å². The van der Waals surface area contributed by atoms with Crippen molar-refractivity contribution in [3.8, 4) is 0 Å². The average molecular weight is 253 g/mol. The molecule has 98 valence electrons. The minimum Gasteiger partial charge on any atom is -0.300 e. The highest BCUT2D eigenvalue weighted by molar-refractivity contribution is 5.82. The van der Waals surface area contributed by atoms with Gasteiger partial charge in [0.1, 0.15) is 5.78 Å². The fourth-order valence-electron chi connectivity index (χ4n) is 3.28. The van der Waals surface area contributed by atoms with E-state index in [1.165, 1.54) is 10.9 Å². The number of ketones is 1. The number of aromatic nitrogens is 1. The van der Waals surface area contributed by atoms with E-state index >= 15 is 0 Å². The van der Waals surface area contributed by atoms with Crippen LogP contribution in [0.3, 0.4) is 0 Å². The minimum absolute atomic E-state index is 0.296. The Kier molecular flexibility index (Phi) is 3.33. The second-order valence-electron chi connectivity index (χ2n) is 5.58. The fraction of sp³-hybridized carbons (Fsp3) is 0.412. The van der Waals surface area contributed by atoms with Crippen molar-refractivity contribution in [2.45, 2.75) is 38.5 Å². The number of rotatable bonds is 2. The molecule has 1 heterocycles. The molecule has 0 unspecified atom stereocenters. The molecule has 0 atom stereocenters. The Morgan fingerprint density at radius 3 is 2.58 bits per heavy atom. The first-order valence-corrected chi connectivity index (χ1v) is 7.10. The number of Topliss-reactive ketones (excluding diaryl/α,β-unsaturated/α-hetero) is 1. The van der Waals surface area contributed by atoms with Crippen LogP contribution in [0.2, 0.25) is 0 Å². The van der Waals surface area contributed by atoms with Gasteiger partial charge in [0.25, 0.3) is 0 Å². The third-order valence-corrected chi connectivity index (χ3v) is 4.42. The van der Waals surface area contributed by atoms with E-state index in [0.717, 1.165) is 31.2 Å². The van der Waals surface area contributed by atoms with Crippen LogP contribution in [0.1, 0.15) is 44.1 Å². The molecular weight excluding hydrogens is 234 g/mol. The third kappa shape index (κ3) is 2.40. The molecular formula is C17H19NO. The summed E-state index contributed by atoms with van der Waals surface area (Å²) < 4.78 is 0. The highest BCUT2D eigenvalue weighted by Crippen LogP contribution is 2.38. The van der Waals surface area contributed by atoms with Crippen LogP contribution in [0.25, 0.3) is 10.9 Å².